The van der Waals surface area contributed by atoms with Gasteiger partial charge in [-0.05, 0) is 65.8 Å². The second-order valence-electron chi connectivity index (χ2n) is 8.61. The summed E-state index contributed by atoms with van der Waals surface area (Å²) in [7, 11) is -3.87. The van der Waals surface area contributed by atoms with E-state index in [-0.39, 0.29) is 5.82 Å². The highest BCUT2D eigenvalue weighted by atomic mass is 32.2. The van der Waals surface area contributed by atoms with Crippen molar-refractivity contribution in [2.24, 2.45) is 0 Å². The number of halogens is 1. The summed E-state index contributed by atoms with van der Waals surface area (Å²) in [5.74, 6) is -0.318. The third kappa shape index (κ3) is 4.51. The van der Waals surface area contributed by atoms with E-state index in [0.717, 1.165) is 12.0 Å². The van der Waals surface area contributed by atoms with Gasteiger partial charge in [-0.1, -0.05) is 6.07 Å². The zero-order valence-corrected chi connectivity index (χ0v) is 19.2. The van der Waals surface area contributed by atoms with Crippen molar-refractivity contribution in [2.45, 2.75) is 31.1 Å². The van der Waals surface area contributed by atoms with E-state index in [2.05, 4.69) is 20.0 Å². The highest BCUT2D eigenvalue weighted by Gasteiger charge is 2.38. The Bertz CT molecular complexity index is 1310. The lowest BCUT2D eigenvalue weighted by molar-refractivity contribution is 0.175. The molecule has 0 atom stereocenters. The molecule has 3 aromatic rings. The molecule has 8 nitrogen and oxygen atoms in total. The molecule has 1 aliphatic heterocycles. The Labute approximate surface area is 197 Å². The van der Waals surface area contributed by atoms with Crippen molar-refractivity contribution in [3.05, 3.63) is 77.6 Å². The number of urea groups is 1. The minimum atomic E-state index is -3.87. The molecule has 176 valence electrons. The smallest absolute Gasteiger partial charge is 0.306 e. The number of hydrogen-bond acceptors (Lipinski definition) is 6. The van der Waals surface area contributed by atoms with Crippen molar-refractivity contribution in [2.75, 3.05) is 18.4 Å². The standard InChI is InChI=1S/C24H24FN5O3S/c25-22-11-21(17-6-9-26-10-7-17)23(20-5-1-4-19(20)22)28-24(31)29-34(32,33)18-14-30(15-18)13-16-3-2-8-27-12-16/h2-3,6-12,18H,1,4-5,13-15H2,(H2,28,29,31). The first-order chi connectivity index (χ1) is 16.4. The normalized spacial score (nSPS) is 16.0. The van der Waals surface area contributed by atoms with Crippen LogP contribution in [0.2, 0.25) is 0 Å². The number of fused-ring (bicyclic) bond motifs is 1. The van der Waals surface area contributed by atoms with Crippen LogP contribution in [0.3, 0.4) is 0 Å². The van der Waals surface area contributed by atoms with E-state index >= 15 is 0 Å². The van der Waals surface area contributed by atoms with E-state index in [1.165, 1.54) is 6.07 Å². The van der Waals surface area contributed by atoms with E-state index in [4.69, 9.17) is 0 Å². The number of carbonyl (C=O) groups excluding carboxylic acids is 1. The van der Waals surface area contributed by atoms with Crippen LogP contribution in [-0.4, -0.2) is 47.7 Å². The van der Waals surface area contributed by atoms with Gasteiger partial charge in [0.1, 0.15) is 11.1 Å². The number of rotatable bonds is 6. The number of nitrogens with one attached hydrogen (secondary N) is 2. The molecule has 2 N–H and O–H groups in total. The number of aromatic nitrogens is 2. The van der Waals surface area contributed by atoms with E-state index in [9.17, 15) is 17.6 Å². The topological polar surface area (TPSA) is 104 Å². The van der Waals surface area contributed by atoms with Crippen molar-refractivity contribution in [1.29, 1.82) is 0 Å². The minimum absolute atomic E-state index is 0.318. The van der Waals surface area contributed by atoms with Gasteiger partial charge >= 0.3 is 6.03 Å². The van der Waals surface area contributed by atoms with Gasteiger partial charge in [-0.25, -0.2) is 22.3 Å². The summed E-state index contributed by atoms with van der Waals surface area (Å²) in [5.41, 5.74) is 3.91. The van der Waals surface area contributed by atoms with Crippen LogP contribution in [0, 0.1) is 5.82 Å². The molecule has 0 bridgehead atoms. The predicted molar refractivity (Wildman–Crippen MR) is 126 cm³/mol. The van der Waals surface area contributed by atoms with Crippen LogP contribution >= 0.6 is 0 Å². The van der Waals surface area contributed by atoms with Gasteiger partial charge in [0.05, 0.1) is 5.69 Å². The summed E-state index contributed by atoms with van der Waals surface area (Å²) < 4.78 is 42.4. The zero-order valence-electron chi connectivity index (χ0n) is 18.4. The molecule has 10 heteroatoms. The van der Waals surface area contributed by atoms with E-state index in [0.29, 0.717) is 60.4 Å². The first kappa shape index (κ1) is 22.4. The largest absolute Gasteiger partial charge is 0.332 e. The molecule has 0 radical (unpaired) electrons. The average molecular weight is 482 g/mol. The fourth-order valence-corrected chi connectivity index (χ4v) is 5.87. The highest BCUT2D eigenvalue weighted by molar-refractivity contribution is 7.90. The second-order valence-corrected chi connectivity index (χ2v) is 10.6. The Balaban J connectivity index is 1.30. The third-order valence-corrected chi connectivity index (χ3v) is 7.95. The first-order valence-electron chi connectivity index (χ1n) is 11.1. The first-order valence-corrected chi connectivity index (χ1v) is 12.6. The molecule has 0 unspecified atom stereocenters. The number of pyridine rings is 2. The lowest BCUT2D eigenvalue weighted by Gasteiger charge is -2.38. The molecule has 0 saturated carbocycles. The minimum Gasteiger partial charge on any atom is -0.306 e. The summed E-state index contributed by atoms with van der Waals surface area (Å²) >= 11 is 0. The van der Waals surface area contributed by atoms with Crippen molar-refractivity contribution < 1.29 is 17.6 Å². The Hall–Kier alpha value is -3.37. The van der Waals surface area contributed by atoms with Crippen molar-refractivity contribution in [3.63, 3.8) is 0 Å². The number of hydrogen-bond donors (Lipinski definition) is 2. The average Bonchev–Trinajstić information content (AvgIpc) is 3.29. The molecule has 34 heavy (non-hydrogen) atoms. The molecule has 1 aliphatic carbocycles. The van der Waals surface area contributed by atoms with Crippen LogP contribution in [0.4, 0.5) is 14.9 Å². The van der Waals surface area contributed by atoms with Crippen molar-refractivity contribution in [1.82, 2.24) is 19.6 Å². The Morgan fingerprint density at radius 1 is 1.09 bits per heavy atom. The zero-order chi connectivity index (χ0) is 23.7. The molecule has 2 aromatic heterocycles. The van der Waals surface area contributed by atoms with Crippen LogP contribution in [0.1, 0.15) is 23.1 Å². The summed E-state index contributed by atoms with van der Waals surface area (Å²) in [6.07, 6.45) is 8.57. The number of likely N-dealkylation sites (tertiary alicyclic amines) is 1. The van der Waals surface area contributed by atoms with E-state index in [1.807, 2.05) is 17.0 Å². The Kier molecular flexibility index (Phi) is 6.01. The maximum atomic E-state index is 14.7. The molecule has 1 fully saturated rings. The van der Waals surface area contributed by atoms with Crippen LogP contribution in [0.15, 0.2) is 55.1 Å². The molecule has 3 heterocycles. The number of anilines is 1. The van der Waals surface area contributed by atoms with E-state index < -0.39 is 21.3 Å². The third-order valence-electron chi connectivity index (χ3n) is 6.30. The molecule has 0 spiro atoms. The monoisotopic (exact) mass is 481 g/mol. The van der Waals surface area contributed by atoms with Gasteiger partial charge in [-0.2, -0.15) is 0 Å². The lowest BCUT2D eigenvalue weighted by Crippen LogP contribution is -2.58. The van der Waals surface area contributed by atoms with Crippen LogP contribution < -0.4 is 10.0 Å². The molecule has 1 aromatic carbocycles. The second kappa shape index (κ2) is 9.11. The van der Waals surface area contributed by atoms with Crippen LogP contribution in [0.5, 0.6) is 0 Å². The van der Waals surface area contributed by atoms with Crippen LogP contribution in [-0.2, 0) is 29.4 Å². The van der Waals surface area contributed by atoms with Gasteiger partial charge in [0.25, 0.3) is 0 Å². The maximum Gasteiger partial charge on any atom is 0.332 e. The summed E-state index contributed by atoms with van der Waals surface area (Å²) in [6, 6.07) is 7.76. The number of carbonyl (C=O) groups is 1. The quantitative estimate of drug-likeness (QED) is 0.561. The molecule has 1 saturated heterocycles. The number of benzene rings is 1. The number of sulfonamides is 1. The maximum absolute atomic E-state index is 14.7. The Morgan fingerprint density at radius 2 is 1.85 bits per heavy atom. The van der Waals surface area contributed by atoms with Crippen LogP contribution in [0.25, 0.3) is 11.1 Å². The van der Waals surface area contributed by atoms with Gasteiger partial charge in [-0.15, -0.1) is 0 Å². The number of nitrogens with zero attached hydrogens (tertiary/aromatic N) is 3. The molecule has 5 rings (SSSR count). The summed E-state index contributed by atoms with van der Waals surface area (Å²) in [6.45, 7) is 1.25. The molecule has 2 amide bonds. The molecular weight excluding hydrogens is 457 g/mol. The van der Waals surface area contributed by atoms with Gasteiger partial charge in [0, 0.05) is 50.0 Å². The van der Waals surface area contributed by atoms with Gasteiger partial charge in [-0.3, -0.25) is 14.9 Å². The Morgan fingerprint density at radius 3 is 2.59 bits per heavy atom. The highest BCUT2D eigenvalue weighted by Crippen LogP contribution is 2.39. The van der Waals surface area contributed by atoms with Crippen molar-refractivity contribution >= 4 is 21.7 Å². The SMILES string of the molecule is O=C(Nc1c(-c2ccncc2)cc(F)c2c1CCC2)NS(=O)(=O)C1CN(Cc2cccnc2)C1. The number of amides is 2. The van der Waals surface area contributed by atoms with E-state index in [1.54, 1.807) is 36.9 Å². The van der Waals surface area contributed by atoms with Gasteiger partial charge < -0.3 is 5.32 Å². The van der Waals surface area contributed by atoms with Gasteiger partial charge in [0.2, 0.25) is 10.0 Å². The van der Waals surface area contributed by atoms with Crippen molar-refractivity contribution in [3.8, 4) is 11.1 Å². The fourth-order valence-electron chi connectivity index (χ4n) is 4.58. The molecule has 2 aliphatic rings. The summed E-state index contributed by atoms with van der Waals surface area (Å²) in [5, 5.41) is 2.02. The lowest BCUT2D eigenvalue weighted by atomic mass is 9.97. The fraction of sp³-hybridized carbons (Fsp3) is 0.292. The summed E-state index contributed by atoms with van der Waals surface area (Å²) in [4.78, 5) is 22.8. The predicted octanol–water partition coefficient (Wildman–Crippen LogP) is 3.11. The van der Waals surface area contributed by atoms with Gasteiger partial charge in [0.15, 0.2) is 0 Å². The molecular formula is C24H24FN5O3S.